The Labute approximate surface area is 99.6 Å². The van der Waals surface area contributed by atoms with Crippen LogP contribution in [0.5, 0.6) is 5.75 Å². The summed E-state index contributed by atoms with van der Waals surface area (Å²) < 4.78 is 5.90. The molecule has 90 valence electrons. The van der Waals surface area contributed by atoms with Crippen molar-refractivity contribution in [2.75, 3.05) is 0 Å². The van der Waals surface area contributed by atoms with Crippen LogP contribution in [0.15, 0.2) is 24.4 Å². The lowest BCUT2D eigenvalue weighted by atomic mass is 9.95. The first kappa shape index (κ1) is 10.6. The van der Waals surface area contributed by atoms with Gasteiger partial charge in [-0.05, 0) is 37.5 Å². The van der Waals surface area contributed by atoms with Crippen molar-refractivity contribution in [1.82, 2.24) is 10.2 Å². The first-order valence-electron chi connectivity index (χ1n) is 6.09. The summed E-state index contributed by atoms with van der Waals surface area (Å²) in [6.45, 7) is 0. The fraction of sp³-hybridized carbons (Fsp3) is 0.462. The molecule has 1 saturated carbocycles. The van der Waals surface area contributed by atoms with Crippen molar-refractivity contribution in [1.29, 1.82) is 0 Å². The number of hydrogen-bond acceptors (Lipinski definition) is 3. The molecule has 1 aliphatic rings. The van der Waals surface area contributed by atoms with Gasteiger partial charge in [-0.1, -0.05) is 0 Å². The lowest BCUT2D eigenvalue weighted by Crippen LogP contribution is -2.28. The van der Waals surface area contributed by atoms with Gasteiger partial charge in [0.05, 0.1) is 17.8 Å². The molecule has 1 aliphatic carbocycles. The third-order valence-electron chi connectivity index (χ3n) is 3.31. The first-order valence-corrected chi connectivity index (χ1v) is 6.09. The topological polar surface area (TPSA) is 58.1 Å². The monoisotopic (exact) mass is 232 g/mol. The SMILES string of the molecule is O[C@H]1CCC[C@H](Oc2ccc3[nH]ncc3c2)C1. The molecular weight excluding hydrogens is 216 g/mol. The molecule has 0 amide bonds. The maximum absolute atomic E-state index is 9.60. The summed E-state index contributed by atoms with van der Waals surface area (Å²) in [6.07, 6.45) is 5.44. The Morgan fingerprint density at radius 1 is 1.35 bits per heavy atom. The van der Waals surface area contributed by atoms with Gasteiger partial charge in [-0.25, -0.2) is 0 Å². The normalized spacial score (nSPS) is 25.0. The molecule has 0 aliphatic heterocycles. The number of rotatable bonds is 2. The Bertz CT molecular complexity index is 509. The molecule has 2 aromatic rings. The number of hydrogen-bond donors (Lipinski definition) is 2. The predicted molar refractivity (Wildman–Crippen MR) is 65.0 cm³/mol. The number of benzene rings is 1. The van der Waals surface area contributed by atoms with Gasteiger partial charge in [-0.2, -0.15) is 5.10 Å². The Balaban J connectivity index is 1.75. The van der Waals surface area contributed by atoms with E-state index in [-0.39, 0.29) is 12.2 Å². The molecule has 2 N–H and O–H groups in total. The van der Waals surface area contributed by atoms with Gasteiger partial charge < -0.3 is 9.84 Å². The Kier molecular flexibility index (Phi) is 2.73. The molecule has 0 spiro atoms. The summed E-state index contributed by atoms with van der Waals surface area (Å²) in [7, 11) is 0. The molecular formula is C13H16N2O2. The van der Waals surface area contributed by atoms with Gasteiger partial charge in [-0.15, -0.1) is 0 Å². The number of nitrogens with zero attached hydrogens (tertiary/aromatic N) is 1. The molecule has 1 aromatic heterocycles. The van der Waals surface area contributed by atoms with E-state index in [2.05, 4.69) is 10.2 Å². The zero-order valence-electron chi connectivity index (χ0n) is 9.60. The predicted octanol–water partition coefficient (Wildman–Crippen LogP) is 2.25. The number of fused-ring (bicyclic) bond motifs is 1. The third kappa shape index (κ3) is 2.26. The van der Waals surface area contributed by atoms with Crippen LogP contribution in [-0.4, -0.2) is 27.5 Å². The molecule has 1 fully saturated rings. The number of aliphatic hydroxyl groups excluding tert-OH is 1. The van der Waals surface area contributed by atoms with Crippen LogP contribution in [0.25, 0.3) is 10.9 Å². The van der Waals surface area contributed by atoms with Gasteiger partial charge in [0, 0.05) is 11.8 Å². The van der Waals surface area contributed by atoms with Crippen LogP contribution < -0.4 is 4.74 Å². The fourth-order valence-corrected chi connectivity index (χ4v) is 2.41. The minimum atomic E-state index is -0.202. The van der Waals surface area contributed by atoms with E-state index in [1.165, 1.54) is 0 Å². The van der Waals surface area contributed by atoms with Gasteiger partial charge >= 0.3 is 0 Å². The number of aromatic nitrogens is 2. The van der Waals surface area contributed by atoms with Crippen LogP contribution >= 0.6 is 0 Å². The second kappa shape index (κ2) is 4.37. The second-order valence-electron chi connectivity index (χ2n) is 4.68. The number of ether oxygens (including phenoxy) is 1. The van der Waals surface area contributed by atoms with E-state index >= 15 is 0 Å². The summed E-state index contributed by atoms with van der Waals surface area (Å²) >= 11 is 0. The summed E-state index contributed by atoms with van der Waals surface area (Å²) in [5.74, 6) is 0.859. The number of aliphatic hydroxyl groups is 1. The molecule has 1 heterocycles. The van der Waals surface area contributed by atoms with Gasteiger partial charge in [-0.3, -0.25) is 5.10 Å². The summed E-state index contributed by atoms with van der Waals surface area (Å²) in [6, 6.07) is 5.90. The van der Waals surface area contributed by atoms with Crippen LogP contribution in [0, 0.1) is 0 Å². The minimum Gasteiger partial charge on any atom is -0.490 e. The molecule has 4 nitrogen and oxygen atoms in total. The molecule has 0 bridgehead atoms. The fourth-order valence-electron chi connectivity index (χ4n) is 2.41. The highest BCUT2D eigenvalue weighted by atomic mass is 16.5. The zero-order valence-corrected chi connectivity index (χ0v) is 9.60. The summed E-state index contributed by atoms with van der Waals surface area (Å²) in [5, 5.41) is 17.5. The van der Waals surface area contributed by atoms with E-state index in [0.29, 0.717) is 0 Å². The molecule has 17 heavy (non-hydrogen) atoms. The lowest BCUT2D eigenvalue weighted by molar-refractivity contribution is 0.0537. The number of H-pyrrole nitrogens is 1. The van der Waals surface area contributed by atoms with Crippen molar-refractivity contribution >= 4 is 10.9 Å². The average molecular weight is 232 g/mol. The average Bonchev–Trinajstić information content (AvgIpc) is 2.76. The summed E-state index contributed by atoms with van der Waals surface area (Å²) in [4.78, 5) is 0. The second-order valence-corrected chi connectivity index (χ2v) is 4.68. The quantitative estimate of drug-likeness (QED) is 0.834. The van der Waals surface area contributed by atoms with Crippen LogP contribution in [0.1, 0.15) is 25.7 Å². The van der Waals surface area contributed by atoms with Crippen molar-refractivity contribution in [3.63, 3.8) is 0 Å². The van der Waals surface area contributed by atoms with Crippen LogP contribution in [0.3, 0.4) is 0 Å². The Hall–Kier alpha value is -1.55. The zero-order chi connectivity index (χ0) is 11.7. The van der Waals surface area contributed by atoms with Crippen LogP contribution in [-0.2, 0) is 0 Å². The number of nitrogens with one attached hydrogen (secondary N) is 1. The van der Waals surface area contributed by atoms with Crippen LogP contribution in [0.4, 0.5) is 0 Å². The highest BCUT2D eigenvalue weighted by molar-refractivity contribution is 5.79. The van der Waals surface area contributed by atoms with E-state index in [9.17, 15) is 5.11 Å². The van der Waals surface area contributed by atoms with E-state index < -0.39 is 0 Å². The van der Waals surface area contributed by atoms with E-state index in [1.54, 1.807) is 6.20 Å². The van der Waals surface area contributed by atoms with Crippen molar-refractivity contribution in [3.8, 4) is 5.75 Å². The van der Waals surface area contributed by atoms with Gasteiger partial charge in [0.2, 0.25) is 0 Å². The first-order chi connectivity index (χ1) is 8.31. The molecule has 3 rings (SSSR count). The van der Waals surface area contributed by atoms with Crippen molar-refractivity contribution in [3.05, 3.63) is 24.4 Å². The molecule has 1 aromatic carbocycles. The van der Waals surface area contributed by atoms with Crippen molar-refractivity contribution in [2.24, 2.45) is 0 Å². The van der Waals surface area contributed by atoms with Gasteiger partial charge in [0.15, 0.2) is 0 Å². The maximum Gasteiger partial charge on any atom is 0.120 e. The maximum atomic E-state index is 9.60. The third-order valence-corrected chi connectivity index (χ3v) is 3.31. The van der Waals surface area contributed by atoms with E-state index in [4.69, 9.17) is 4.74 Å². The van der Waals surface area contributed by atoms with E-state index in [1.807, 2.05) is 18.2 Å². The van der Waals surface area contributed by atoms with Gasteiger partial charge in [0.1, 0.15) is 11.9 Å². The van der Waals surface area contributed by atoms with Crippen molar-refractivity contribution < 1.29 is 9.84 Å². The van der Waals surface area contributed by atoms with E-state index in [0.717, 1.165) is 42.3 Å². The standard InChI is InChI=1S/C13H16N2O2/c16-10-2-1-3-11(7-10)17-12-4-5-13-9(6-12)8-14-15-13/h4-6,8,10-11,16H,1-3,7H2,(H,14,15)/t10-,11-/m0/s1. The highest BCUT2D eigenvalue weighted by Crippen LogP contribution is 2.25. The minimum absolute atomic E-state index is 0.142. The van der Waals surface area contributed by atoms with Crippen molar-refractivity contribution in [2.45, 2.75) is 37.9 Å². The lowest BCUT2D eigenvalue weighted by Gasteiger charge is -2.26. The molecule has 0 saturated heterocycles. The summed E-state index contributed by atoms with van der Waals surface area (Å²) in [5.41, 5.74) is 1.01. The van der Waals surface area contributed by atoms with Gasteiger partial charge in [0.25, 0.3) is 0 Å². The number of aromatic amines is 1. The smallest absolute Gasteiger partial charge is 0.120 e. The Morgan fingerprint density at radius 3 is 3.18 bits per heavy atom. The molecule has 0 radical (unpaired) electrons. The molecule has 2 atom stereocenters. The Morgan fingerprint density at radius 2 is 2.29 bits per heavy atom. The largest absolute Gasteiger partial charge is 0.490 e. The van der Waals surface area contributed by atoms with Crippen LogP contribution in [0.2, 0.25) is 0 Å². The molecule has 0 unspecified atom stereocenters. The highest BCUT2D eigenvalue weighted by Gasteiger charge is 2.21. The molecule has 4 heteroatoms.